The monoisotopic (exact) mass is 529 g/mol. The largest absolute Gasteiger partial charge is 0.323 e. The Morgan fingerprint density at radius 2 is 1.85 bits per heavy atom. The standard InChI is InChI=1S/C29H39N9O/c1-4-6-7-8-11-16-37-24(5-2)27(35-36-37)26-20(3)17-22(18-31-26)33-29(39)34-23-19-30-25-14-15-32-38(25)28(23)21-12-9-10-13-21/h14-15,17-19,21H,4-13,16H2,1-3H3,(H2,33,34,39). The highest BCUT2D eigenvalue weighted by molar-refractivity contribution is 6.00. The van der Waals surface area contributed by atoms with Gasteiger partial charge in [0.05, 0.1) is 47.0 Å². The van der Waals surface area contributed by atoms with Gasteiger partial charge >= 0.3 is 6.03 Å². The summed E-state index contributed by atoms with van der Waals surface area (Å²) in [5.74, 6) is 0.353. The van der Waals surface area contributed by atoms with E-state index in [2.05, 4.69) is 49.9 Å². The van der Waals surface area contributed by atoms with Crippen LogP contribution in [0.1, 0.15) is 94.5 Å². The van der Waals surface area contributed by atoms with E-state index in [1.807, 2.05) is 28.3 Å². The summed E-state index contributed by atoms with van der Waals surface area (Å²) < 4.78 is 3.88. The van der Waals surface area contributed by atoms with Crippen molar-refractivity contribution < 1.29 is 4.79 Å². The van der Waals surface area contributed by atoms with Crippen molar-refractivity contribution in [1.82, 2.24) is 34.6 Å². The number of rotatable bonds is 11. The summed E-state index contributed by atoms with van der Waals surface area (Å²) in [5, 5.41) is 19.3. The summed E-state index contributed by atoms with van der Waals surface area (Å²) in [4.78, 5) is 22.2. The molecule has 1 fully saturated rings. The quantitative estimate of drug-likeness (QED) is 0.214. The van der Waals surface area contributed by atoms with Gasteiger partial charge < -0.3 is 10.6 Å². The Labute approximate surface area is 229 Å². The molecule has 10 nitrogen and oxygen atoms in total. The van der Waals surface area contributed by atoms with E-state index in [1.165, 1.54) is 38.5 Å². The fourth-order valence-electron chi connectivity index (χ4n) is 5.67. The van der Waals surface area contributed by atoms with Gasteiger partial charge in [-0.2, -0.15) is 5.10 Å². The molecule has 10 heteroatoms. The number of pyridine rings is 1. The molecule has 1 aliphatic carbocycles. The molecule has 0 radical (unpaired) electrons. The molecule has 0 bridgehead atoms. The molecule has 2 N–H and O–H groups in total. The molecule has 5 rings (SSSR count). The van der Waals surface area contributed by atoms with Crippen LogP contribution in [0.3, 0.4) is 0 Å². The maximum atomic E-state index is 13.0. The van der Waals surface area contributed by atoms with Crippen molar-refractivity contribution in [3.8, 4) is 11.4 Å². The fraction of sp³-hybridized carbons (Fsp3) is 0.517. The smallest absolute Gasteiger partial charge is 0.306 e. The molecule has 0 aliphatic heterocycles. The molecule has 1 aliphatic rings. The van der Waals surface area contributed by atoms with Gasteiger partial charge in [0.15, 0.2) is 5.65 Å². The second-order valence-corrected chi connectivity index (χ2v) is 10.5. The van der Waals surface area contributed by atoms with E-state index in [0.717, 1.165) is 66.2 Å². The summed E-state index contributed by atoms with van der Waals surface area (Å²) in [5.41, 5.74) is 6.76. The molecule has 0 aromatic carbocycles. The Bertz CT molecular complexity index is 1420. The average molecular weight is 530 g/mol. The number of unbranched alkanes of at least 4 members (excludes halogenated alkanes) is 4. The van der Waals surface area contributed by atoms with E-state index >= 15 is 0 Å². The van der Waals surface area contributed by atoms with Gasteiger partial charge in [0.1, 0.15) is 5.69 Å². The predicted molar refractivity (Wildman–Crippen MR) is 153 cm³/mol. The van der Waals surface area contributed by atoms with Gasteiger partial charge in [-0.3, -0.25) is 4.98 Å². The van der Waals surface area contributed by atoms with Crippen LogP contribution in [0.25, 0.3) is 17.0 Å². The number of carbonyl (C=O) groups excluding carboxylic acids is 1. The predicted octanol–water partition coefficient (Wildman–Crippen LogP) is 6.53. The molecular weight excluding hydrogens is 490 g/mol. The molecule has 4 aromatic rings. The number of urea groups is 1. The van der Waals surface area contributed by atoms with Crippen LogP contribution in [0.2, 0.25) is 0 Å². The summed E-state index contributed by atoms with van der Waals surface area (Å²) in [6, 6.07) is 3.48. The van der Waals surface area contributed by atoms with Gasteiger partial charge in [0.2, 0.25) is 0 Å². The zero-order chi connectivity index (χ0) is 27.2. The second kappa shape index (κ2) is 12.4. The molecular formula is C29H39N9O. The number of hydrogen-bond acceptors (Lipinski definition) is 6. The summed E-state index contributed by atoms with van der Waals surface area (Å²) in [7, 11) is 0. The van der Waals surface area contributed by atoms with E-state index in [0.29, 0.717) is 17.3 Å². The number of nitrogens with one attached hydrogen (secondary N) is 2. The normalized spacial score (nSPS) is 13.8. The number of amides is 2. The lowest BCUT2D eigenvalue weighted by Crippen LogP contribution is -2.22. The van der Waals surface area contributed by atoms with Crippen LogP contribution in [0, 0.1) is 6.92 Å². The van der Waals surface area contributed by atoms with Crippen molar-refractivity contribution in [2.75, 3.05) is 10.6 Å². The van der Waals surface area contributed by atoms with Crippen LogP contribution in [0.15, 0.2) is 30.7 Å². The van der Waals surface area contributed by atoms with Crippen molar-refractivity contribution in [3.05, 3.63) is 47.7 Å². The fourth-order valence-corrected chi connectivity index (χ4v) is 5.67. The number of aromatic nitrogens is 7. The molecule has 0 saturated heterocycles. The first-order valence-corrected chi connectivity index (χ1v) is 14.4. The minimum Gasteiger partial charge on any atom is -0.306 e. The Balaban J connectivity index is 1.28. The number of nitrogens with zero attached hydrogens (tertiary/aromatic N) is 7. The molecule has 1 saturated carbocycles. The highest BCUT2D eigenvalue weighted by Gasteiger charge is 2.25. The maximum absolute atomic E-state index is 13.0. The minimum atomic E-state index is -0.334. The Morgan fingerprint density at radius 1 is 1.03 bits per heavy atom. The number of carbonyl (C=O) groups is 1. The highest BCUT2D eigenvalue weighted by Crippen LogP contribution is 2.37. The number of anilines is 2. The zero-order valence-electron chi connectivity index (χ0n) is 23.3. The molecule has 2 amide bonds. The lowest BCUT2D eigenvalue weighted by atomic mass is 10.0. The number of fused-ring (bicyclic) bond motifs is 1. The van der Waals surface area contributed by atoms with Crippen molar-refractivity contribution in [2.24, 2.45) is 0 Å². The van der Waals surface area contributed by atoms with Gasteiger partial charge in [-0.15, -0.1) is 5.10 Å². The van der Waals surface area contributed by atoms with E-state index in [-0.39, 0.29) is 6.03 Å². The Hall–Kier alpha value is -3.82. The van der Waals surface area contributed by atoms with Crippen LogP contribution in [0.5, 0.6) is 0 Å². The van der Waals surface area contributed by atoms with Crippen molar-refractivity contribution in [3.63, 3.8) is 0 Å². The third-order valence-electron chi connectivity index (χ3n) is 7.65. The van der Waals surface area contributed by atoms with E-state index < -0.39 is 0 Å². The number of aryl methyl sites for hydroxylation is 2. The summed E-state index contributed by atoms with van der Waals surface area (Å²) in [6.07, 6.45) is 16.6. The van der Waals surface area contributed by atoms with Crippen molar-refractivity contribution >= 4 is 23.1 Å². The van der Waals surface area contributed by atoms with Gasteiger partial charge in [0.25, 0.3) is 0 Å². The van der Waals surface area contributed by atoms with Crippen LogP contribution in [-0.2, 0) is 13.0 Å². The minimum absolute atomic E-state index is 0.334. The van der Waals surface area contributed by atoms with E-state index in [9.17, 15) is 4.79 Å². The molecule has 0 atom stereocenters. The number of hydrogen-bond donors (Lipinski definition) is 2. The highest BCUT2D eigenvalue weighted by atomic mass is 16.2. The SMILES string of the molecule is CCCCCCCn1nnc(-c2ncc(NC(=O)Nc3cnc4ccnn4c3C3CCCC3)cc2C)c1CC. The first kappa shape index (κ1) is 26.8. The first-order valence-electron chi connectivity index (χ1n) is 14.4. The Kier molecular flexibility index (Phi) is 8.48. The van der Waals surface area contributed by atoms with Crippen LogP contribution in [0.4, 0.5) is 16.2 Å². The maximum Gasteiger partial charge on any atom is 0.323 e. The van der Waals surface area contributed by atoms with Crippen LogP contribution < -0.4 is 10.6 Å². The molecule has 0 spiro atoms. The third kappa shape index (κ3) is 5.94. The average Bonchev–Trinajstić information content (AvgIpc) is 3.70. The molecule has 206 valence electrons. The topological polar surface area (TPSA) is 115 Å². The van der Waals surface area contributed by atoms with Crippen molar-refractivity contribution in [2.45, 2.75) is 97.4 Å². The molecule has 4 heterocycles. The molecule has 39 heavy (non-hydrogen) atoms. The van der Waals surface area contributed by atoms with E-state index in [4.69, 9.17) is 0 Å². The Morgan fingerprint density at radius 3 is 2.62 bits per heavy atom. The van der Waals surface area contributed by atoms with Gasteiger partial charge in [0, 0.05) is 18.5 Å². The zero-order valence-corrected chi connectivity index (χ0v) is 23.3. The van der Waals surface area contributed by atoms with E-state index in [1.54, 1.807) is 18.6 Å². The summed E-state index contributed by atoms with van der Waals surface area (Å²) in [6.45, 7) is 7.22. The van der Waals surface area contributed by atoms with Crippen LogP contribution in [-0.4, -0.2) is 40.6 Å². The lowest BCUT2D eigenvalue weighted by molar-refractivity contribution is 0.262. The van der Waals surface area contributed by atoms with Gasteiger partial charge in [-0.1, -0.05) is 57.6 Å². The third-order valence-corrected chi connectivity index (χ3v) is 7.65. The molecule has 0 unspecified atom stereocenters. The lowest BCUT2D eigenvalue weighted by Gasteiger charge is -2.17. The first-order chi connectivity index (χ1) is 19.1. The summed E-state index contributed by atoms with van der Waals surface area (Å²) >= 11 is 0. The molecule has 4 aromatic heterocycles. The van der Waals surface area contributed by atoms with Gasteiger partial charge in [-0.05, 0) is 44.2 Å². The second-order valence-electron chi connectivity index (χ2n) is 10.5. The van der Waals surface area contributed by atoms with Crippen LogP contribution >= 0.6 is 0 Å². The van der Waals surface area contributed by atoms with Crippen molar-refractivity contribution in [1.29, 1.82) is 0 Å². The van der Waals surface area contributed by atoms with Gasteiger partial charge in [-0.25, -0.2) is 19.0 Å².